The van der Waals surface area contributed by atoms with Crippen molar-refractivity contribution in [3.05, 3.63) is 60.2 Å². The number of piperazine rings is 1. The zero-order valence-corrected chi connectivity index (χ0v) is 15.1. The molecule has 150 valence electrons. The maximum Gasteiger partial charge on any atom is 0.322 e. The third kappa shape index (κ3) is 3.84. The smallest absolute Gasteiger partial charge is 0.322 e. The van der Waals surface area contributed by atoms with Gasteiger partial charge in [0.15, 0.2) is 29.1 Å². The minimum atomic E-state index is -1.62. The zero-order valence-electron chi connectivity index (χ0n) is 15.1. The van der Waals surface area contributed by atoms with Crippen molar-refractivity contribution in [2.24, 2.45) is 0 Å². The molecule has 1 aliphatic rings. The van der Waals surface area contributed by atoms with Crippen LogP contribution in [0.3, 0.4) is 0 Å². The molecule has 0 atom stereocenters. The van der Waals surface area contributed by atoms with Crippen molar-refractivity contribution < 1.29 is 18.0 Å². The van der Waals surface area contributed by atoms with Gasteiger partial charge in [-0.3, -0.25) is 0 Å². The van der Waals surface area contributed by atoms with Gasteiger partial charge in [0.25, 0.3) is 0 Å². The Hall–Kier alpha value is -3.63. The van der Waals surface area contributed by atoms with Crippen LogP contribution in [-0.2, 0) is 0 Å². The van der Waals surface area contributed by atoms with Gasteiger partial charge < -0.3 is 15.1 Å². The molecule has 2 amide bonds. The summed E-state index contributed by atoms with van der Waals surface area (Å²) in [5.41, 5.74) is -0.406. The molecule has 4 rings (SSSR count). The second kappa shape index (κ2) is 7.78. The van der Waals surface area contributed by atoms with E-state index in [9.17, 15) is 18.0 Å². The Morgan fingerprint density at radius 3 is 2.31 bits per heavy atom. The zero-order chi connectivity index (χ0) is 20.4. The van der Waals surface area contributed by atoms with Crippen molar-refractivity contribution >= 4 is 17.5 Å². The average molecular weight is 403 g/mol. The number of hydrogen-bond donors (Lipinski definition) is 1. The maximum absolute atomic E-state index is 13.7. The Morgan fingerprint density at radius 1 is 0.931 bits per heavy atom. The molecule has 3 aromatic rings. The van der Waals surface area contributed by atoms with Crippen molar-refractivity contribution in [3.8, 4) is 5.82 Å². The van der Waals surface area contributed by atoms with Gasteiger partial charge >= 0.3 is 6.03 Å². The molecule has 11 heteroatoms. The van der Waals surface area contributed by atoms with Crippen LogP contribution in [0, 0.1) is 17.5 Å². The quantitative estimate of drug-likeness (QED) is 0.680. The lowest BCUT2D eigenvalue weighted by Crippen LogP contribution is -2.50. The van der Waals surface area contributed by atoms with E-state index in [1.807, 2.05) is 11.0 Å². The van der Waals surface area contributed by atoms with Crippen molar-refractivity contribution in [2.75, 3.05) is 36.4 Å². The van der Waals surface area contributed by atoms with Crippen LogP contribution in [0.2, 0.25) is 0 Å². The molecule has 3 heterocycles. The van der Waals surface area contributed by atoms with E-state index in [-0.39, 0.29) is 0 Å². The standard InChI is InChI=1S/C18H16F3N7O/c19-12-2-3-13(17(21)16(12)20)23-18(29)27-10-8-26(9-11-27)14-4-5-15(25-24-14)28-7-1-6-22-28/h1-7H,8-11H2,(H,23,29). The third-order valence-electron chi connectivity index (χ3n) is 4.54. The van der Waals surface area contributed by atoms with Gasteiger partial charge in [-0.2, -0.15) is 5.10 Å². The van der Waals surface area contributed by atoms with E-state index in [0.717, 1.165) is 12.1 Å². The normalized spacial score (nSPS) is 14.2. The van der Waals surface area contributed by atoms with Gasteiger partial charge in [0.05, 0.1) is 5.69 Å². The predicted molar refractivity (Wildman–Crippen MR) is 98.3 cm³/mol. The van der Waals surface area contributed by atoms with Gasteiger partial charge in [-0.15, -0.1) is 10.2 Å². The highest BCUT2D eigenvalue weighted by Crippen LogP contribution is 2.20. The summed E-state index contributed by atoms with van der Waals surface area (Å²) in [6.45, 7) is 1.67. The van der Waals surface area contributed by atoms with Gasteiger partial charge in [0.1, 0.15) is 0 Å². The molecule has 1 aromatic carbocycles. The molecule has 0 radical (unpaired) electrons. The number of nitrogens with one attached hydrogen (secondary N) is 1. The van der Waals surface area contributed by atoms with Gasteiger partial charge in [0.2, 0.25) is 0 Å². The Kier molecular flexibility index (Phi) is 5.02. The van der Waals surface area contributed by atoms with Crippen molar-refractivity contribution in [2.45, 2.75) is 0 Å². The number of anilines is 2. The fraction of sp³-hybridized carbons (Fsp3) is 0.222. The molecule has 1 N–H and O–H groups in total. The van der Waals surface area contributed by atoms with E-state index >= 15 is 0 Å². The van der Waals surface area contributed by atoms with Crippen LogP contribution in [0.5, 0.6) is 0 Å². The molecule has 0 aliphatic carbocycles. The van der Waals surface area contributed by atoms with Crippen LogP contribution in [-0.4, -0.2) is 57.1 Å². The van der Waals surface area contributed by atoms with Crippen LogP contribution >= 0.6 is 0 Å². The largest absolute Gasteiger partial charge is 0.352 e. The van der Waals surface area contributed by atoms with Gasteiger partial charge in [-0.25, -0.2) is 22.6 Å². The molecule has 1 fully saturated rings. The van der Waals surface area contributed by atoms with E-state index in [0.29, 0.717) is 37.8 Å². The van der Waals surface area contributed by atoms with Crippen molar-refractivity contribution in [1.29, 1.82) is 0 Å². The Balaban J connectivity index is 1.35. The van der Waals surface area contributed by atoms with Crippen LogP contribution < -0.4 is 10.2 Å². The summed E-state index contributed by atoms with van der Waals surface area (Å²) in [6.07, 6.45) is 3.41. The minimum Gasteiger partial charge on any atom is -0.352 e. The molecular formula is C18H16F3N7O. The first-order valence-electron chi connectivity index (χ1n) is 8.81. The van der Waals surface area contributed by atoms with E-state index in [1.165, 1.54) is 4.90 Å². The van der Waals surface area contributed by atoms with Gasteiger partial charge in [-0.1, -0.05) is 0 Å². The highest BCUT2D eigenvalue weighted by molar-refractivity contribution is 5.89. The number of nitrogens with zero attached hydrogens (tertiary/aromatic N) is 6. The number of rotatable bonds is 3. The first-order valence-corrected chi connectivity index (χ1v) is 8.81. The number of urea groups is 1. The van der Waals surface area contributed by atoms with E-state index in [1.54, 1.807) is 29.2 Å². The highest BCUT2D eigenvalue weighted by atomic mass is 19.2. The lowest BCUT2D eigenvalue weighted by molar-refractivity contribution is 0.208. The van der Waals surface area contributed by atoms with Gasteiger partial charge in [-0.05, 0) is 30.3 Å². The number of aromatic nitrogens is 4. The Bertz CT molecular complexity index is 1000. The van der Waals surface area contributed by atoms with Crippen molar-refractivity contribution in [3.63, 3.8) is 0 Å². The topological polar surface area (TPSA) is 79.2 Å². The Labute approximate surface area is 163 Å². The van der Waals surface area contributed by atoms with Crippen LogP contribution in [0.1, 0.15) is 0 Å². The number of halogens is 3. The fourth-order valence-electron chi connectivity index (χ4n) is 2.97. The number of benzene rings is 1. The lowest BCUT2D eigenvalue weighted by Gasteiger charge is -2.35. The average Bonchev–Trinajstić information content (AvgIpc) is 3.29. The molecule has 29 heavy (non-hydrogen) atoms. The summed E-state index contributed by atoms with van der Waals surface area (Å²) in [6, 6.07) is 6.55. The Morgan fingerprint density at radius 2 is 1.66 bits per heavy atom. The molecule has 0 bridgehead atoms. The van der Waals surface area contributed by atoms with E-state index in [4.69, 9.17) is 0 Å². The molecule has 8 nitrogen and oxygen atoms in total. The first kappa shape index (κ1) is 18.7. The highest BCUT2D eigenvalue weighted by Gasteiger charge is 2.24. The minimum absolute atomic E-state index is 0.347. The molecule has 1 saturated heterocycles. The van der Waals surface area contributed by atoms with E-state index < -0.39 is 29.2 Å². The summed E-state index contributed by atoms with van der Waals surface area (Å²) in [4.78, 5) is 15.7. The molecule has 0 saturated carbocycles. The first-order chi connectivity index (χ1) is 14.0. The van der Waals surface area contributed by atoms with Crippen LogP contribution in [0.15, 0.2) is 42.7 Å². The fourth-order valence-corrected chi connectivity index (χ4v) is 2.97. The molecular weight excluding hydrogens is 387 g/mol. The second-order valence-electron chi connectivity index (χ2n) is 6.33. The maximum atomic E-state index is 13.7. The number of carbonyl (C=O) groups is 1. The van der Waals surface area contributed by atoms with Crippen LogP contribution in [0.25, 0.3) is 5.82 Å². The number of hydrogen-bond acceptors (Lipinski definition) is 5. The lowest BCUT2D eigenvalue weighted by atomic mass is 10.2. The van der Waals surface area contributed by atoms with Crippen molar-refractivity contribution in [1.82, 2.24) is 24.9 Å². The third-order valence-corrected chi connectivity index (χ3v) is 4.54. The predicted octanol–water partition coefficient (Wildman–Crippen LogP) is 2.43. The molecule has 2 aromatic heterocycles. The summed E-state index contributed by atoms with van der Waals surface area (Å²) >= 11 is 0. The molecule has 0 unspecified atom stereocenters. The summed E-state index contributed by atoms with van der Waals surface area (Å²) in [7, 11) is 0. The second-order valence-corrected chi connectivity index (χ2v) is 6.33. The van der Waals surface area contributed by atoms with Crippen LogP contribution in [0.4, 0.5) is 29.5 Å². The molecule has 1 aliphatic heterocycles. The van der Waals surface area contributed by atoms with Gasteiger partial charge in [0, 0.05) is 38.6 Å². The SMILES string of the molecule is O=C(Nc1ccc(F)c(F)c1F)N1CCN(c2ccc(-n3cccn3)nn2)CC1. The monoisotopic (exact) mass is 403 g/mol. The number of amides is 2. The summed E-state index contributed by atoms with van der Waals surface area (Å²) < 4.78 is 41.6. The number of carbonyl (C=O) groups excluding carboxylic acids is 1. The molecule has 0 spiro atoms. The van der Waals surface area contributed by atoms with E-state index in [2.05, 4.69) is 20.6 Å². The summed E-state index contributed by atoms with van der Waals surface area (Å²) in [5, 5.41) is 14.7. The summed E-state index contributed by atoms with van der Waals surface area (Å²) in [5.74, 6) is -3.11.